The van der Waals surface area contributed by atoms with Gasteiger partial charge in [0.05, 0.1) is 11.8 Å². The van der Waals surface area contributed by atoms with Gasteiger partial charge in [-0.1, -0.05) is 227 Å². The second-order valence-electron chi connectivity index (χ2n) is 21.0. The quantitative estimate of drug-likeness (QED) is 0.0445. The summed E-state index contributed by atoms with van der Waals surface area (Å²) < 4.78 is 12.0. The molecule has 0 heterocycles. The Morgan fingerprint density at radius 2 is 0.485 bits per heavy atom. The lowest BCUT2D eigenvalue weighted by atomic mass is 9.82. The lowest BCUT2D eigenvalue weighted by molar-refractivity contribution is -0.155. The molecule has 66 heavy (non-hydrogen) atoms. The van der Waals surface area contributed by atoms with Gasteiger partial charge in [-0.05, 0) is 90.5 Å². The highest BCUT2D eigenvalue weighted by atomic mass is 16.5. The van der Waals surface area contributed by atoms with E-state index in [1.807, 2.05) is 0 Å². The summed E-state index contributed by atoms with van der Waals surface area (Å²) in [6, 6.07) is 0. The van der Waals surface area contributed by atoms with Crippen molar-refractivity contribution >= 4 is 11.9 Å². The normalized spacial score (nSPS) is 15.4. The molecule has 7 heteroatoms. The highest BCUT2D eigenvalue weighted by Gasteiger charge is 2.32. The summed E-state index contributed by atoms with van der Waals surface area (Å²) in [7, 11) is 0. The summed E-state index contributed by atoms with van der Waals surface area (Å²) in [5, 5.41) is 0. The predicted octanol–water partition coefficient (Wildman–Crippen LogP) is 16.5. The Labute approximate surface area is 413 Å². The second kappa shape index (κ2) is 48.8. The van der Waals surface area contributed by atoms with Gasteiger partial charge in [-0.25, -0.2) is 0 Å². The first-order valence-electron chi connectivity index (χ1n) is 30.0. The molecule has 1 aliphatic carbocycles. The Morgan fingerprint density at radius 3 is 0.727 bits per heavy atom. The van der Waals surface area contributed by atoms with Crippen LogP contribution in [0.4, 0.5) is 0 Å². The average Bonchev–Trinajstić information content (AvgIpc) is 3.33. The number of rotatable bonds is 51. The molecule has 1 fully saturated rings. The Kier molecular flexibility index (Phi) is 46.5. The maximum atomic E-state index is 13.4. The molecule has 0 aromatic heterocycles. The van der Waals surface area contributed by atoms with Crippen LogP contribution in [0.25, 0.3) is 0 Å². The maximum absolute atomic E-state index is 13.4. The lowest BCUT2D eigenvalue weighted by Crippen LogP contribution is -2.39. The molecular weight excluding hydrogens is 815 g/mol. The Hall–Kier alpha value is -1.18. The third kappa shape index (κ3) is 38.6. The van der Waals surface area contributed by atoms with Crippen LogP contribution in [-0.2, 0) is 19.1 Å². The van der Waals surface area contributed by atoms with Crippen molar-refractivity contribution in [2.45, 2.75) is 285 Å². The fourth-order valence-electron chi connectivity index (χ4n) is 10.1. The van der Waals surface area contributed by atoms with E-state index < -0.39 is 0 Å². The number of hydrogen-bond acceptors (Lipinski definition) is 7. The molecule has 0 aromatic carbocycles. The van der Waals surface area contributed by atoms with Crippen molar-refractivity contribution in [2.75, 3.05) is 72.1 Å². The Morgan fingerprint density at radius 1 is 0.288 bits per heavy atom. The maximum Gasteiger partial charge on any atom is 0.308 e. The van der Waals surface area contributed by atoms with E-state index >= 15 is 0 Å². The van der Waals surface area contributed by atoms with Crippen LogP contribution < -0.4 is 0 Å². The van der Waals surface area contributed by atoms with Crippen molar-refractivity contribution in [3.05, 3.63) is 0 Å². The van der Waals surface area contributed by atoms with Gasteiger partial charge in [0.25, 0.3) is 0 Å². The van der Waals surface area contributed by atoms with Gasteiger partial charge >= 0.3 is 11.9 Å². The largest absolute Gasteiger partial charge is 0.464 e. The van der Waals surface area contributed by atoms with E-state index in [1.165, 1.54) is 238 Å². The van der Waals surface area contributed by atoms with Crippen molar-refractivity contribution < 1.29 is 19.1 Å². The minimum absolute atomic E-state index is 0.0523. The summed E-state index contributed by atoms with van der Waals surface area (Å²) in [4.78, 5) is 34.5. The fourth-order valence-corrected chi connectivity index (χ4v) is 10.1. The smallest absolute Gasteiger partial charge is 0.308 e. The van der Waals surface area contributed by atoms with E-state index in [-0.39, 0.29) is 23.8 Å². The minimum Gasteiger partial charge on any atom is -0.464 e. The molecule has 0 amide bonds. The molecule has 0 saturated heterocycles. The monoisotopic (exact) mass is 932 g/mol. The highest BCUT2D eigenvalue weighted by molar-refractivity contribution is 5.75. The number of carbonyl (C=O) groups is 2. The van der Waals surface area contributed by atoms with Crippen molar-refractivity contribution in [3.63, 3.8) is 0 Å². The molecule has 0 N–H and O–H groups in total. The summed E-state index contributed by atoms with van der Waals surface area (Å²) in [5.74, 6) is -0.285. The first kappa shape index (κ1) is 62.8. The van der Waals surface area contributed by atoms with Gasteiger partial charge in [-0.2, -0.15) is 0 Å². The highest BCUT2D eigenvalue weighted by Crippen LogP contribution is 2.30. The molecule has 0 bridgehead atoms. The fraction of sp³-hybridized carbons (Fsp3) is 0.966. The average molecular weight is 933 g/mol. The molecule has 7 nitrogen and oxygen atoms in total. The Balaban J connectivity index is 2.61. The van der Waals surface area contributed by atoms with Crippen LogP contribution in [0.1, 0.15) is 285 Å². The number of hydrogen-bond donors (Lipinski definition) is 0. The van der Waals surface area contributed by atoms with Gasteiger partial charge in [0.2, 0.25) is 0 Å². The van der Waals surface area contributed by atoms with Gasteiger partial charge in [-0.15, -0.1) is 0 Å². The topological polar surface area (TPSA) is 62.3 Å². The van der Waals surface area contributed by atoms with E-state index in [0.717, 1.165) is 71.5 Å². The molecule has 0 unspecified atom stereocenters. The Bertz CT molecular complexity index is 983. The van der Waals surface area contributed by atoms with Gasteiger partial charge < -0.3 is 14.4 Å². The summed E-state index contributed by atoms with van der Waals surface area (Å²) in [6.07, 6.45) is 49.8. The van der Waals surface area contributed by atoms with Crippen LogP contribution in [0, 0.1) is 11.8 Å². The first-order valence-corrected chi connectivity index (χ1v) is 30.0. The number of carbonyl (C=O) groups excluding carboxylic acids is 2. The zero-order valence-electron chi connectivity index (χ0n) is 45.5. The first-order chi connectivity index (χ1) is 32.5. The van der Waals surface area contributed by atoms with E-state index in [2.05, 4.69) is 49.3 Å². The van der Waals surface area contributed by atoms with Crippen LogP contribution in [0.2, 0.25) is 0 Å². The van der Waals surface area contributed by atoms with E-state index in [0.29, 0.717) is 13.2 Å². The SMILES string of the molecule is CCCCCCCCCN(CCCCCCCCC)CCOC(=O)C1CCC(C(=O)OCCN(CCCCCCCCC)CCN(CCCCCCCCC)CCCCCCCCC)CC1. The van der Waals surface area contributed by atoms with Gasteiger partial charge in [0.1, 0.15) is 13.2 Å². The van der Waals surface area contributed by atoms with Crippen LogP contribution >= 0.6 is 0 Å². The lowest BCUT2D eigenvalue weighted by Gasteiger charge is -2.29. The number of ether oxygens (including phenoxy) is 2. The number of unbranched alkanes of at least 4 members (excludes halogenated alkanes) is 30. The van der Waals surface area contributed by atoms with E-state index in [4.69, 9.17) is 9.47 Å². The van der Waals surface area contributed by atoms with Crippen molar-refractivity contribution in [2.24, 2.45) is 11.8 Å². The molecule has 0 radical (unpaired) electrons. The third-order valence-electron chi connectivity index (χ3n) is 14.8. The molecule has 392 valence electrons. The van der Waals surface area contributed by atoms with Crippen molar-refractivity contribution in [3.8, 4) is 0 Å². The standard InChI is InChI=1S/C59H117N3O4/c1-6-11-16-21-26-31-36-45-60(46-37-32-27-22-17-12-7-2)50-51-62(49-40-35-30-25-20-15-10-5)53-55-66-59(64)57-43-41-56(42-44-57)58(63)65-54-52-61(47-38-33-28-23-18-13-8-3)48-39-34-29-24-19-14-9-4/h56-57H,6-55H2,1-5H3. The van der Waals surface area contributed by atoms with Gasteiger partial charge in [-0.3, -0.25) is 19.4 Å². The molecule has 0 spiro atoms. The van der Waals surface area contributed by atoms with Crippen molar-refractivity contribution in [1.82, 2.24) is 14.7 Å². The number of nitrogens with zero attached hydrogens (tertiary/aromatic N) is 3. The second-order valence-corrected chi connectivity index (χ2v) is 21.0. The molecule has 1 rings (SSSR count). The molecule has 1 saturated carbocycles. The van der Waals surface area contributed by atoms with Crippen LogP contribution in [0.5, 0.6) is 0 Å². The van der Waals surface area contributed by atoms with Gasteiger partial charge in [0, 0.05) is 26.2 Å². The van der Waals surface area contributed by atoms with Crippen LogP contribution in [0.3, 0.4) is 0 Å². The summed E-state index contributed by atoms with van der Waals surface area (Å²) >= 11 is 0. The molecule has 0 atom stereocenters. The molecule has 0 aliphatic heterocycles. The molecule has 0 aromatic rings. The minimum atomic E-state index is -0.0931. The predicted molar refractivity (Wildman–Crippen MR) is 287 cm³/mol. The van der Waals surface area contributed by atoms with E-state index in [1.54, 1.807) is 0 Å². The van der Waals surface area contributed by atoms with E-state index in [9.17, 15) is 9.59 Å². The van der Waals surface area contributed by atoms with Crippen LogP contribution in [0.15, 0.2) is 0 Å². The number of esters is 2. The van der Waals surface area contributed by atoms with Crippen LogP contribution in [-0.4, -0.2) is 98.8 Å². The zero-order valence-corrected chi connectivity index (χ0v) is 45.5. The molecular formula is C59H117N3O4. The van der Waals surface area contributed by atoms with Gasteiger partial charge in [0.15, 0.2) is 0 Å². The molecule has 1 aliphatic rings. The summed E-state index contributed by atoms with van der Waals surface area (Å²) in [5.41, 5.74) is 0. The summed E-state index contributed by atoms with van der Waals surface area (Å²) in [6.45, 7) is 22.0. The van der Waals surface area contributed by atoms with Crippen molar-refractivity contribution in [1.29, 1.82) is 0 Å². The third-order valence-corrected chi connectivity index (χ3v) is 14.8. The zero-order chi connectivity index (χ0) is 47.8.